The smallest absolute Gasteiger partial charge is 0.335 e. The maximum absolute atomic E-state index is 11.1. The standard InChI is InChI=1S/C16H14N4O2/c1-9-3-5-11(16(21)22)7-13(9)20-15-14-12(17-8-18-15)6-4-10(2)19-14/h3-8H,1-2H3,(H,21,22)(H,17,18,20). The number of carboxylic acids is 1. The van der Waals surface area contributed by atoms with Gasteiger partial charge in [0.05, 0.1) is 11.1 Å². The molecule has 3 aromatic rings. The molecule has 0 aliphatic rings. The van der Waals surface area contributed by atoms with Gasteiger partial charge in [-0.25, -0.2) is 19.7 Å². The number of pyridine rings is 1. The highest BCUT2D eigenvalue weighted by molar-refractivity contribution is 5.91. The van der Waals surface area contributed by atoms with Crippen LogP contribution in [0.5, 0.6) is 0 Å². The Morgan fingerprint density at radius 2 is 1.95 bits per heavy atom. The minimum atomic E-state index is -0.968. The van der Waals surface area contributed by atoms with E-state index in [0.717, 1.165) is 16.8 Å². The van der Waals surface area contributed by atoms with Crippen LogP contribution in [0.2, 0.25) is 0 Å². The number of fused-ring (bicyclic) bond motifs is 1. The molecule has 0 aliphatic heterocycles. The van der Waals surface area contributed by atoms with E-state index in [4.69, 9.17) is 5.11 Å². The number of carbonyl (C=O) groups is 1. The lowest BCUT2D eigenvalue weighted by Crippen LogP contribution is -2.02. The first-order valence-electron chi connectivity index (χ1n) is 6.74. The van der Waals surface area contributed by atoms with Crippen molar-refractivity contribution in [3.63, 3.8) is 0 Å². The van der Waals surface area contributed by atoms with Gasteiger partial charge in [-0.1, -0.05) is 6.07 Å². The molecule has 2 aromatic heterocycles. The van der Waals surface area contributed by atoms with Crippen molar-refractivity contribution < 1.29 is 9.90 Å². The van der Waals surface area contributed by atoms with Crippen molar-refractivity contribution in [1.82, 2.24) is 15.0 Å². The molecule has 0 saturated carbocycles. The lowest BCUT2D eigenvalue weighted by Gasteiger charge is -2.11. The summed E-state index contributed by atoms with van der Waals surface area (Å²) in [6, 6.07) is 8.68. The summed E-state index contributed by atoms with van der Waals surface area (Å²) in [5.74, 6) is -0.413. The highest BCUT2D eigenvalue weighted by atomic mass is 16.4. The zero-order chi connectivity index (χ0) is 15.7. The van der Waals surface area contributed by atoms with Crippen LogP contribution in [0.4, 0.5) is 11.5 Å². The molecule has 0 saturated heterocycles. The molecule has 0 amide bonds. The third kappa shape index (κ3) is 2.58. The molecule has 2 N–H and O–H groups in total. The lowest BCUT2D eigenvalue weighted by molar-refractivity contribution is 0.0697. The zero-order valence-electron chi connectivity index (χ0n) is 12.2. The van der Waals surface area contributed by atoms with E-state index in [1.54, 1.807) is 18.2 Å². The molecule has 0 atom stereocenters. The molecule has 6 heteroatoms. The van der Waals surface area contributed by atoms with Crippen LogP contribution in [0, 0.1) is 13.8 Å². The van der Waals surface area contributed by atoms with Crippen LogP contribution in [0.1, 0.15) is 21.6 Å². The van der Waals surface area contributed by atoms with E-state index in [0.29, 0.717) is 17.0 Å². The highest BCUT2D eigenvalue weighted by Crippen LogP contribution is 2.24. The van der Waals surface area contributed by atoms with Crippen molar-refractivity contribution in [2.45, 2.75) is 13.8 Å². The van der Waals surface area contributed by atoms with Crippen LogP contribution in [-0.4, -0.2) is 26.0 Å². The summed E-state index contributed by atoms with van der Waals surface area (Å²) in [5.41, 5.74) is 4.07. The molecule has 0 spiro atoms. The molecule has 110 valence electrons. The molecule has 6 nitrogen and oxygen atoms in total. The molecule has 2 heterocycles. The molecule has 3 rings (SSSR count). The average molecular weight is 294 g/mol. The molecule has 1 aromatic carbocycles. The Morgan fingerprint density at radius 1 is 1.14 bits per heavy atom. The monoisotopic (exact) mass is 294 g/mol. The van der Waals surface area contributed by atoms with Crippen LogP contribution in [0.25, 0.3) is 11.0 Å². The van der Waals surface area contributed by atoms with E-state index in [-0.39, 0.29) is 5.56 Å². The first-order valence-corrected chi connectivity index (χ1v) is 6.74. The quantitative estimate of drug-likeness (QED) is 0.771. The van der Waals surface area contributed by atoms with Crippen LogP contribution in [0.3, 0.4) is 0 Å². The number of nitrogens with zero attached hydrogens (tertiary/aromatic N) is 3. The molecule has 22 heavy (non-hydrogen) atoms. The number of hydrogen-bond acceptors (Lipinski definition) is 5. The predicted octanol–water partition coefficient (Wildman–Crippen LogP) is 3.08. The molecule has 0 fully saturated rings. The third-order valence-corrected chi connectivity index (χ3v) is 3.36. The van der Waals surface area contributed by atoms with Gasteiger partial charge in [-0.05, 0) is 43.7 Å². The van der Waals surface area contributed by atoms with Crippen molar-refractivity contribution in [3.8, 4) is 0 Å². The Kier molecular flexibility index (Phi) is 3.42. The van der Waals surface area contributed by atoms with Gasteiger partial charge in [0.2, 0.25) is 0 Å². The Hall–Kier alpha value is -3.02. The van der Waals surface area contributed by atoms with Gasteiger partial charge < -0.3 is 10.4 Å². The van der Waals surface area contributed by atoms with E-state index in [2.05, 4.69) is 20.3 Å². The van der Waals surface area contributed by atoms with E-state index in [1.165, 1.54) is 6.33 Å². The van der Waals surface area contributed by atoms with Gasteiger partial charge in [0.25, 0.3) is 0 Å². The number of rotatable bonds is 3. The second-order valence-electron chi connectivity index (χ2n) is 5.00. The lowest BCUT2D eigenvalue weighted by atomic mass is 10.1. The fourth-order valence-corrected chi connectivity index (χ4v) is 2.15. The van der Waals surface area contributed by atoms with Gasteiger partial charge in [-0.3, -0.25) is 0 Å². The molecule has 0 aliphatic carbocycles. The number of benzene rings is 1. The van der Waals surface area contributed by atoms with Crippen LogP contribution >= 0.6 is 0 Å². The van der Waals surface area contributed by atoms with Gasteiger partial charge in [-0.2, -0.15) is 0 Å². The predicted molar refractivity (Wildman–Crippen MR) is 83.5 cm³/mol. The summed E-state index contributed by atoms with van der Waals surface area (Å²) >= 11 is 0. The SMILES string of the molecule is Cc1ccc2ncnc(Nc3cc(C(=O)O)ccc3C)c2n1. The highest BCUT2D eigenvalue weighted by Gasteiger charge is 2.10. The van der Waals surface area contributed by atoms with E-state index >= 15 is 0 Å². The van der Waals surface area contributed by atoms with Gasteiger partial charge in [0, 0.05) is 11.4 Å². The van der Waals surface area contributed by atoms with Gasteiger partial charge in [0.1, 0.15) is 11.8 Å². The number of hydrogen-bond donors (Lipinski definition) is 2. The Morgan fingerprint density at radius 3 is 2.73 bits per heavy atom. The molecule has 0 radical (unpaired) electrons. The Labute approximate surface area is 126 Å². The minimum absolute atomic E-state index is 0.218. The van der Waals surface area contributed by atoms with Crippen molar-refractivity contribution in [1.29, 1.82) is 0 Å². The van der Waals surface area contributed by atoms with Crippen LogP contribution in [-0.2, 0) is 0 Å². The van der Waals surface area contributed by atoms with Crippen LogP contribution < -0.4 is 5.32 Å². The second kappa shape index (κ2) is 5.40. The van der Waals surface area contributed by atoms with Crippen molar-refractivity contribution in [3.05, 3.63) is 53.5 Å². The van der Waals surface area contributed by atoms with E-state index in [1.807, 2.05) is 26.0 Å². The van der Waals surface area contributed by atoms with E-state index in [9.17, 15) is 4.79 Å². The number of anilines is 2. The largest absolute Gasteiger partial charge is 0.478 e. The maximum atomic E-state index is 11.1. The second-order valence-corrected chi connectivity index (χ2v) is 5.00. The average Bonchev–Trinajstić information content (AvgIpc) is 2.49. The number of aryl methyl sites for hydroxylation is 2. The summed E-state index contributed by atoms with van der Waals surface area (Å²) in [6.07, 6.45) is 1.46. The normalized spacial score (nSPS) is 10.6. The summed E-state index contributed by atoms with van der Waals surface area (Å²) in [7, 11) is 0. The summed E-state index contributed by atoms with van der Waals surface area (Å²) < 4.78 is 0. The first kappa shape index (κ1) is 13.9. The topological polar surface area (TPSA) is 88.0 Å². The Balaban J connectivity index is 2.09. The van der Waals surface area contributed by atoms with E-state index < -0.39 is 5.97 Å². The van der Waals surface area contributed by atoms with Gasteiger partial charge in [0.15, 0.2) is 5.82 Å². The maximum Gasteiger partial charge on any atom is 0.335 e. The van der Waals surface area contributed by atoms with Crippen molar-refractivity contribution >= 4 is 28.5 Å². The number of aromatic nitrogens is 3. The number of nitrogens with one attached hydrogen (secondary N) is 1. The summed E-state index contributed by atoms with van der Waals surface area (Å²) in [6.45, 7) is 3.79. The zero-order valence-corrected chi connectivity index (χ0v) is 12.2. The minimum Gasteiger partial charge on any atom is -0.478 e. The third-order valence-electron chi connectivity index (χ3n) is 3.36. The molecular formula is C16H14N4O2. The first-order chi connectivity index (χ1) is 10.5. The number of carboxylic acid groups (broad SMARTS) is 1. The summed E-state index contributed by atoms with van der Waals surface area (Å²) in [4.78, 5) is 24.0. The number of aromatic carboxylic acids is 1. The Bertz CT molecular complexity index is 877. The van der Waals surface area contributed by atoms with Gasteiger partial charge >= 0.3 is 5.97 Å². The fraction of sp³-hybridized carbons (Fsp3) is 0.125. The van der Waals surface area contributed by atoms with Gasteiger partial charge in [-0.15, -0.1) is 0 Å². The van der Waals surface area contributed by atoms with Crippen molar-refractivity contribution in [2.75, 3.05) is 5.32 Å². The molecule has 0 unspecified atom stereocenters. The molecular weight excluding hydrogens is 280 g/mol. The van der Waals surface area contributed by atoms with Crippen molar-refractivity contribution in [2.24, 2.45) is 0 Å². The molecule has 0 bridgehead atoms. The van der Waals surface area contributed by atoms with Crippen LogP contribution in [0.15, 0.2) is 36.7 Å². The fourth-order valence-electron chi connectivity index (χ4n) is 2.15. The summed E-state index contributed by atoms with van der Waals surface area (Å²) in [5, 5.41) is 12.3.